The number of carbonyl (C=O) groups is 1. The second-order valence-corrected chi connectivity index (χ2v) is 7.34. The second kappa shape index (κ2) is 11.0. The van der Waals surface area contributed by atoms with Crippen LogP contribution in [0.4, 0.5) is 0 Å². The van der Waals surface area contributed by atoms with E-state index in [4.69, 9.17) is 4.74 Å². The molecule has 1 unspecified atom stereocenters. The molecule has 2 heterocycles. The van der Waals surface area contributed by atoms with Gasteiger partial charge < -0.3 is 14.7 Å². The molecule has 9 heteroatoms. The second-order valence-electron chi connectivity index (χ2n) is 7.34. The number of ether oxygens (including phenoxy) is 1. The number of nitrogens with zero attached hydrogens (tertiary/aromatic N) is 6. The fourth-order valence-electron chi connectivity index (χ4n) is 3.32. The van der Waals surface area contributed by atoms with Crippen LogP contribution in [0.1, 0.15) is 36.8 Å². The summed E-state index contributed by atoms with van der Waals surface area (Å²) < 4.78 is 7.14. The van der Waals surface area contributed by atoms with Crippen molar-refractivity contribution in [3.63, 3.8) is 0 Å². The predicted octanol–water partition coefficient (Wildman–Crippen LogP) is 0.868. The van der Waals surface area contributed by atoms with Crippen molar-refractivity contribution in [2.24, 2.45) is 0 Å². The molecule has 29 heavy (non-hydrogen) atoms. The first-order valence-corrected chi connectivity index (χ1v) is 10.2. The molecule has 9 nitrogen and oxygen atoms in total. The van der Waals surface area contributed by atoms with Crippen LogP contribution >= 0.6 is 0 Å². The van der Waals surface area contributed by atoms with Crippen molar-refractivity contribution in [2.75, 3.05) is 39.9 Å². The highest BCUT2D eigenvalue weighted by molar-refractivity contribution is 5.75. The highest BCUT2D eigenvalue weighted by atomic mass is 16.5. The quantitative estimate of drug-likeness (QED) is 0.630. The van der Waals surface area contributed by atoms with Crippen LogP contribution in [0.25, 0.3) is 0 Å². The number of carbonyl (C=O) groups excluding carboxylic acids is 1. The number of aryl methyl sites for hydroxylation is 1. The SMILES string of the molecule is CN(CCC(O)c1ccccc1)C(=O)CCCn1nnnc1CN1CCOCC1. The summed E-state index contributed by atoms with van der Waals surface area (Å²) in [4.78, 5) is 16.3. The standard InChI is InChI=1S/C20H30N6O3/c1-24(11-9-18(27)17-6-3-2-4-7-17)20(28)8-5-10-26-19(21-22-23-26)16-25-12-14-29-15-13-25/h2-4,6-7,18,27H,5,8-16H2,1H3. The van der Waals surface area contributed by atoms with E-state index in [0.717, 1.165) is 37.7 Å². The maximum absolute atomic E-state index is 12.4. The van der Waals surface area contributed by atoms with Gasteiger partial charge in [0.2, 0.25) is 5.91 Å². The monoisotopic (exact) mass is 402 g/mol. The van der Waals surface area contributed by atoms with Crippen molar-refractivity contribution >= 4 is 5.91 Å². The van der Waals surface area contributed by atoms with Crippen LogP contribution < -0.4 is 0 Å². The first-order chi connectivity index (χ1) is 14.1. The predicted molar refractivity (Wildman–Crippen MR) is 107 cm³/mol. The van der Waals surface area contributed by atoms with Gasteiger partial charge in [0, 0.05) is 39.6 Å². The highest BCUT2D eigenvalue weighted by Gasteiger charge is 2.16. The zero-order valence-electron chi connectivity index (χ0n) is 17.0. The first-order valence-electron chi connectivity index (χ1n) is 10.2. The molecule has 0 spiro atoms. The van der Waals surface area contributed by atoms with E-state index in [2.05, 4.69) is 20.4 Å². The number of hydrogen-bond acceptors (Lipinski definition) is 7. The highest BCUT2D eigenvalue weighted by Crippen LogP contribution is 2.16. The Morgan fingerprint density at radius 1 is 1.28 bits per heavy atom. The van der Waals surface area contributed by atoms with Gasteiger partial charge in [-0.15, -0.1) is 5.10 Å². The van der Waals surface area contributed by atoms with Gasteiger partial charge in [-0.3, -0.25) is 9.69 Å². The van der Waals surface area contributed by atoms with Gasteiger partial charge >= 0.3 is 0 Å². The Labute approximate surface area is 171 Å². The molecule has 0 radical (unpaired) electrons. The number of tetrazole rings is 1. The Kier molecular flexibility index (Phi) is 8.09. The van der Waals surface area contributed by atoms with Crippen LogP contribution in [0.5, 0.6) is 0 Å². The number of amides is 1. The third-order valence-electron chi connectivity index (χ3n) is 5.18. The molecule has 1 fully saturated rings. The van der Waals surface area contributed by atoms with Gasteiger partial charge in [-0.25, -0.2) is 4.68 Å². The molecule has 0 saturated carbocycles. The van der Waals surface area contributed by atoms with Gasteiger partial charge in [0.25, 0.3) is 0 Å². The molecular formula is C20H30N6O3. The lowest BCUT2D eigenvalue weighted by Gasteiger charge is -2.25. The van der Waals surface area contributed by atoms with Crippen LogP contribution in [-0.4, -0.2) is 80.9 Å². The van der Waals surface area contributed by atoms with Crippen LogP contribution in [0, 0.1) is 0 Å². The summed E-state index contributed by atoms with van der Waals surface area (Å²) in [7, 11) is 1.78. The van der Waals surface area contributed by atoms with E-state index in [-0.39, 0.29) is 5.91 Å². The van der Waals surface area contributed by atoms with E-state index < -0.39 is 6.10 Å². The number of benzene rings is 1. The summed E-state index contributed by atoms with van der Waals surface area (Å²) in [6, 6.07) is 9.52. The van der Waals surface area contributed by atoms with Gasteiger partial charge in [-0.1, -0.05) is 30.3 Å². The number of morpholine rings is 1. The fraction of sp³-hybridized carbons (Fsp3) is 0.600. The van der Waals surface area contributed by atoms with Crippen molar-refractivity contribution < 1.29 is 14.6 Å². The van der Waals surface area contributed by atoms with Crippen molar-refractivity contribution in [1.29, 1.82) is 0 Å². The van der Waals surface area contributed by atoms with Crippen LogP contribution in [0.15, 0.2) is 30.3 Å². The summed E-state index contributed by atoms with van der Waals surface area (Å²) in [5.41, 5.74) is 0.875. The van der Waals surface area contributed by atoms with Crippen molar-refractivity contribution in [3.8, 4) is 0 Å². The van der Waals surface area contributed by atoms with Crippen molar-refractivity contribution in [2.45, 2.75) is 38.5 Å². The topological polar surface area (TPSA) is 96.6 Å². The average Bonchev–Trinajstić information content (AvgIpc) is 3.19. The van der Waals surface area contributed by atoms with E-state index >= 15 is 0 Å². The minimum atomic E-state index is -0.560. The van der Waals surface area contributed by atoms with Crippen LogP contribution in [0.2, 0.25) is 0 Å². The van der Waals surface area contributed by atoms with Crippen molar-refractivity contribution in [1.82, 2.24) is 30.0 Å². The van der Waals surface area contributed by atoms with E-state index in [0.29, 0.717) is 38.9 Å². The molecule has 158 valence electrons. The summed E-state index contributed by atoms with van der Waals surface area (Å²) in [6.07, 6.45) is 1.05. The zero-order valence-corrected chi connectivity index (χ0v) is 17.0. The Hall–Kier alpha value is -2.36. The maximum atomic E-state index is 12.4. The maximum Gasteiger partial charge on any atom is 0.222 e. The van der Waals surface area contributed by atoms with E-state index in [1.165, 1.54) is 0 Å². The van der Waals surface area contributed by atoms with E-state index in [1.807, 2.05) is 30.3 Å². The number of aliphatic hydroxyl groups is 1. The lowest BCUT2D eigenvalue weighted by atomic mass is 10.1. The minimum absolute atomic E-state index is 0.0630. The normalized spacial score (nSPS) is 15.9. The molecule has 1 aromatic carbocycles. The Balaban J connectivity index is 1.37. The molecule has 1 aliphatic rings. The summed E-state index contributed by atoms with van der Waals surface area (Å²) in [5.74, 6) is 0.881. The first kappa shape index (κ1) is 21.4. The van der Waals surface area contributed by atoms with E-state index in [1.54, 1.807) is 16.6 Å². The lowest BCUT2D eigenvalue weighted by molar-refractivity contribution is -0.130. The average molecular weight is 402 g/mol. The third kappa shape index (κ3) is 6.59. The third-order valence-corrected chi connectivity index (χ3v) is 5.18. The molecule has 1 atom stereocenters. The summed E-state index contributed by atoms with van der Waals surface area (Å²) >= 11 is 0. The molecule has 1 aliphatic heterocycles. The van der Waals surface area contributed by atoms with Crippen LogP contribution in [0.3, 0.4) is 0 Å². The smallest absolute Gasteiger partial charge is 0.222 e. The molecule has 3 rings (SSSR count). The Bertz CT molecular complexity index is 748. The van der Waals surface area contributed by atoms with Gasteiger partial charge in [0.1, 0.15) is 0 Å². The molecule has 1 N–H and O–H groups in total. The number of aromatic nitrogens is 4. The summed E-state index contributed by atoms with van der Waals surface area (Å²) in [5, 5.41) is 22.2. The molecule has 0 bridgehead atoms. The van der Waals surface area contributed by atoms with E-state index in [9.17, 15) is 9.90 Å². The van der Waals surface area contributed by atoms with Gasteiger partial charge in [0.15, 0.2) is 5.82 Å². The molecular weight excluding hydrogens is 372 g/mol. The molecule has 1 saturated heterocycles. The van der Waals surface area contributed by atoms with Gasteiger partial charge in [0.05, 0.1) is 25.9 Å². The van der Waals surface area contributed by atoms with Crippen LogP contribution in [-0.2, 0) is 22.6 Å². The minimum Gasteiger partial charge on any atom is -0.388 e. The van der Waals surface area contributed by atoms with Crippen molar-refractivity contribution in [3.05, 3.63) is 41.7 Å². The lowest BCUT2D eigenvalue weighted by Crippen LogP contribution is -2.36. The largest absolute Gasteiger partial charge is 0.388 e. The van der Waals surface area contributed by atoms with Gasteiger partial charge in [-0.2, -0.15) is 0 Å². The molecule has 2 aromatic rings. The number of hydrogen-bond donors (Lipinski definition) is 1. The Morgan fingerprint density at radius 2 is 2.03 bits per heavy atom. The van der Waals surface area contributed by atoms with Gasteiger partial charge in [-0.05, 0) is 28.8 Å². The number of rotatable bonds is 10. The zero-order chi connectivity index (χ0) is 20.5. The molecule has 1 amide bonds. The summed E-state index contributed by atoms with van der Waals surface area (Å²) in [6.45, 7) is 5.06. The fourth-order valence-corrected chi connectivity index (χ4v) is 3.32. The molecule has 0 aliphatic carbocycles. The Morgan fingerprint density at radius 3 is 2.79 bits per heavy atom. The number of aliphatic hydroxyl groups excluding tert-OH is 1. The molecule has 1 aromatic heterocycles.